The standard InChI is InChI=1S/C14H26BrN3O/c1-6-18-12(13(15)11(2)17-18)9-16-10-14(3,4)7-8-19-5/h16H,6-10H2,1-5H3. The third-order valence-corrected chi connectivity index (χ3v) is 4.36. The average molecular weight is 332 g/mol. The summed E-state index contributed by atoms with van der Waals surface area (Å²) in [6.07, 6.45) is 1.06. The van der Waals surface area contributed by atoms with E-state index in [-0.39, 0.29) is 5.41 Å². The number of rotatable bonds is 8. The SMILES string of the molecule is CCn1nc(C)c(Br)c1CNCC(C)(C)CCOC. The van der Waals surface area contributed by atoms with Crippen LogP contribution < -0.4 is 5.32 Å². The van der Waals surface area contributed by atoms with E-state index in [1.165, 1.54) is 5.69 Å². The van der Waals surface area contributed by atoms with E-state index in [4.69, 9.17) is 4.74 Å². The molecule has 1 aromatic rings. The Kier molecular flexibility index (Phi) is 6.50. The average Bonchev–Trinajstić information content (AvgIpc) is 2.64. The van der Waals surface area contributed by atoms with Gasteiger partial charge in [-0.3, -0.25) is 4.68 Å². The summed E-state index contributed by atoms with van der Waals surface area (Å²) in [5, 5.41) is 8.04. The fraction of sp³-hybridized carbons (Fsp3) is 0.786. The Balaban J connectivity index is 2.53. The molecular weight excluding hydrogens is 306 g/mol. The van der Waals surface area contributed by atoms with Gasteiger partial charge in [-0.1, -0.05) is 13.8 Å². The molecule has 0 radical (unpaired) electrons. The number of aromatic nitrogens is 2. The van der Waals surface area contributed by atoms with Crippen LogP contribution in [-0.4, -0.2) is 30.0 Å². The Hall–Kier alpha value is -0.390. The van der Waals surface area contributed by atoms with Gasteiger partial charge in [-0.15, -0.1) is 0 Å². The summed E-state index contributed by atoms with van der Waals surface area (Å²) in [4.78, 5) is 0. The molecule has 0 amide bonds. The van der Waals surface area contributed by atoms with E-state index in [1.54, 1.807) is 7.11 Å². The minimum Gasteiger partial charge on any atom is -0.385 e. The van der Waals surface area contributed by atoms with E-state index in [2.05, 4.69) is 51.8 Å². The van der Waals surface area contributed by atoms with Crippen LogP contribution in [-0.2, 0) is 17.8 Å². The van der Waals surface area contributed by atoms with Gasteiger partial charge < -0.3 is 10.1 Å². The maximum Gasteiger partial charge on any atom is 0.0739 e. The first-order valence-electron chi connectivity index (χ1n) is 6.82. The first-order valence-corrected chi connectivity index (χ1v) is 7.62. The van der Waals surface area contributed by atoms with Gasteiger partial charge >= 0.3 is 0 Å². The highest BCUT2D eigenvalue weighted by Crippen LogP contribution is 2.22. The molecule has 0 aromatic carbocycles. The van der Waals surface area contributed by atoms with Crippen molar-refractivity contribution in [1.82, 2.24) is 15.1 Å². The van der Waals surface area contributed by atoms with Crippen LogP contribution >= 0.6 is 15.9 Å². The Morgan fingerprint density at radius 1 is 1.42 bits per heavy atom. The highest BCUT2D eigenvalue weighted by atomic mass is 79.9. The Labute approximate surface area is 125 Å². The van der Waals surface area contributed by atoms with Gasteiger partial charge in [0.15, 0.2) is 0 Å². The van der Waals surface area contributed by atoms with Gasteiger partial charge in [0, 0.05) is 33.4 Å². The molecule has 0 unspecified atom stereocenters. The molecule has 110 valence electrons. The number of hydrogen-bond donors (Lipinski definition) is 1. The number of aryl methyl sites for hydroxylation is 2. The Morgan fingerprint density at radius 3 is 2.68 bits per heavy atom. The molecule has 0 saturated heterocycles. The summed E-state index contributed by atoms with van der Waals surface area (Å²) in [5.41, 5.74) is 2.52. The Bertz CT molecular complexity index is 402. The molecule has 0 bridgehead atoms. The van der Waals surface area contributed by atoms with Crippen LogP contribution in [0.25, 0.3) is 0 Å². The van der Waals surface area contributed by atoms with E-state index in [1.807, 2.05) is 6.92 Å². The van der Waals surface area contributed by atoms with Crippen molar-refractivity contribution < 1.29 is 4.74 Å². The van der Waals surface area contributed by atoms with Crippen molar-refractivity contribution in [1.29, 1.82) is 0 Å². The number of hydrogen-bond acceptors (Lipinski definition) is 3. The molecule has 4 nitrogen and oxygen atoms in total. The quantitative estimate of drug-likeness (QED) is 0.795. The molecule has 1 rings (SSSR count). The van der Waals surface area contributed by atoms with Crippen LogP contribution in [0.15, 0.2) is 4.47 Å². The summed E-state index contributed by atoms with van der Waals surface area (Å²) >= 11 is 3.62. The number of nitrogens with zero attached hydrogens (tertiary/aromatic N) is 2. The molecule has 0 saturated carbocycles. The van der Waals surface area contributed by atoms with Crippen LogP contribution in [0.5, 0.6) is 0 Å². The lowest BCUT2D eigenvalue weighted by atomic mass is 9.90. The zero-order valence-corrected chi connectivity index (χ0v) is 14.3. The Morgan fingerprint density at radius 2 is 2.11 bits per heavy atom. The van der Waals surface area contributed by atoms with Crippen LogP contribution in [0.4, 0.5) is 0 Å². The first-order chi connectivity index (χ1) is 8.91. The fourth-order valence-electron chi connectivity index (χ4n) is 2.02. The maximum atomic E-state index is 5.15. The van der Waals surface area contributed by atoms with Crippen LogP contribution in [0, 0.1) is 12.3 Å². The van der Waals surface area contributed by atoms with E-state index < -0.39 is 0 Å². The van der Waals surface area contributed by atoms with Gasteiger partial charge in [0.05, 0.1) is 15.9 Å². The molecule has 0 fully saturated rings. The van der Waals surface area contributed by atoms with Crippen molar-refractivity contribution in [2.24, 2.45) is 5.41 Å². The van der Waals surface area contributed by atoms with Crippen molar-refractivity contribution in [2.45, 2.75) is 47.2 Å². The topological polar surface area (TPSA) is 39.1 Å². The minimum atomic E-state index is 0.245. The smallest absolute Gasteiger partial charge is 0.0739 e. The third-order valence-electron chi connectivity index (χ3n) is 3.33. The monoisotopic (exact) mass is 331 g/mol. The molecule has 5 heteroatoms. The summed E-state index contributed by atoms with van der Waals surface area (Å²) < 4.78 is 8.32. The number of ether oxygens (including phenoxy) is 1. The predicted octanol–water partition coefficient (Wildman–Crippen LogP) is 3.13. The van der Waals surface area contributed by atoms with E-state index in [0.717, 1.165) is 42.8 Å². The van der Waals surface area contributed by atoms with Crippen molar-refractivity contribution in [3.05, 3.63) is 15.9 Å². The van der Waals surface area contributed by atoms with E-state index in [9.17, 15) is 0 Å². The minimum absolute atomic E-state index is 0.245. The zero-order valence-electron chi connectivity index (χ0n) is 12.7. The van der Waals surface area contributed by atoms with Crippen molar-refractivity contribution in [2.75, 3.05) is 20.3 Å². The molecule has 0 aliphatic heterocycles. The lowest BCUT2D eigenvalue weighted by molar-refractivity contribution is 0.150. The maximum absolute atomic E-state index is 5.15. The predicted molar refractivity (Wildman–Crippen MR) is 82.3 cm³/mol. The van der Waals surface area contributed by atoms with Crippen molar-refractivity contribution in [3.63, 3.8) is 0 Å². The molecule has 19 heavy (non-hydrogen) atoms. The van der Waals surface area contributed by atoms with Crippen LogP contribution in [0.3, 0.4) is 0 Å². The number of methoxy groups -OCH3 is 1. The lowest BCUT2D eigenvalue weighted by Gasteiger charge is -2.24. The fourth-order valence-corrected chi connectivity index (χ4v) is 2.45. The molecule has 0 aliphatic carbocycles. The lowest BCUT2D eigenvalue weighted by Crippen LogP contribution is -2.30. The van der Waals surface area contributed by atoms with Crippen LogP contribution in [0.1, 0.15) is 38.6 Å². The number of halogens is 1. The third kappa shape index (κ3) is 4.89. The van der Waals surface area contributed by atoms with Gasteiger partial charge in [-0.05, 0) is 41.6 Å². The summed E-state index contributed by atoms with van der Waals surface area (Å²) in [6.45, 7) is 12.2. The molecule has 1 N–H and O–H groups in total. The summed E-state index contributed by atoms with van der Waals surface area (Å²) in [5.74, 6) is 0. The molecule has 0 aliphatic rings. The van der Waals surface area contributed by atoms with Crippen LogP contribution in [0.2, 0.25) is 0 Å². The van der Waals surface area contributed by atoms with Gasteiger partial charge in [0.1, 0.15) is 0 Å². The molecule has 0 atom stereocenters. The molecule has 0 spiro atoms. The van der Waals surface area contributed by atoms with Gasteiger partial charge in [0.25, 0.3) is 0 Å². The summed E-state index contributed by atoms with van der Waals surface area (Å²) in [6, 6.07) is 0. The van der Waals surface area contributed by atoms with Gasteiger partial charge in [-0.25, -0.2) is 0 Å². The zero-order chi connectivity index (χ0) is 14.5. The molecule has 1 heterocycles. The normalized spacial score (nSPS) is 12.1. The second-order valence-electron chi connectivity index (χ2n) is 5.67. The molecular formula is C14H26BrN3O. The van der Waals surface area contributed by atoms with E-state index in [0.29, 0.717) is 0 Å². The largest absolute Gasteiger partial charge is 0.385 e. The highest BCUT2D eigenvalue weighted by Gasteiger charge is 2.18. The van der Waals surface area contributed by atoms with Gasteiger partial charge in [-0.2, -0.15) is 5.10 Å². The molecule has 1 aromatic heterocycles. The highest BCUT2D eigenvalue weighted by molar-refractivity contribution is 9.10. The summed E-state index contributed by atoms with van der Waals surface area (Å²) in [7, 11) is 1.75. The number of nitrogens with one attached hydrogen (secondary N) is 1. The first kappa shape index (κ1) is 16.7. The van der Waals surface area contributed by atoms with Crippen molar-refractivity contribution in [3.8, 4) is 0 Å². The van der Waals surface area contributed by atoms with E-state index >= 15 is 0 Å². The second-order valence-corrected chi connectivity index (χ2v) is 6.47. The van der Waals surface area contributed by atoms with Gasteiger partial charge in [0.2, 0.25) is 0 Å². The van der Waals surface area contributed by atoms with Crippen molar-refractivity contribution >= 4 is 15.9 Å². The second kappa shape index (κ2) is 7.41.